The second kappa shape index (κ2) is 36.7. The number of hydrogen-bond acceptors (Lipinski definition) is 14. The number of aromatic nitrogens is 4. The summed E-state index contributed by atoms with van der Waals surface area (Å²) in [4.78, 5) is 11.6. The van der Waals surface area contributed by atoms with Crippen molar-refractivity contribution >= 4 is 139 Å². The lowest BCUT2D eigenvalue weighted by atomic mass is 10.1. The fourth-order valence-electron chi connectivity index (χ4n) is 16.7. The highest BCUT2D eigenvalue weighted by atomic mass is 32.1. The van der Waals surface area contributed by atoms with Crippen LogP contribution in [0, 0.1) is 0 Å². The molecular weight excluding hydrogens is 1590 g/mol. The molecule has 2 N–H and O–H groups in total. The Hall–Kier alpha value is -13.3. The molecule has 0 spiro atoms. The van der Waals surface area contributed by atoms with E-state index in [0.717, 1.165) is 203 Å². The van der Waals surface area contributed by atoms with Gasteiger partial charge in [-0.05, 0) is 149 Å². The predicted octanol–water partition coefficient (Wildman–Crippen LogP) is 27.9. The smallest absolute Gasteiger partial charge is 0.189 e. The molecule has 20 aromatic rings. The van der Waals surface area contributed by atoms with Gasteiger partial charge >= 0.3 is 0 Å². The minimum atomic E-state index is 0.157. The van der Waals surface area contributed by atoms with Crippen molar-refractivity contribution in [2.75, 3.05) is 46.4 Å². The number of aromatic hydroxyl groups is 2. The third kappa shape index (κ3) is 15.3. The van der Waals surface area contributed by atoms with E-state index in [1.165, 1.54) is 44.2 Å². The van der Waals surface area contributed by atoms with Gasteiger partial charge in [-0.2, -0.15) is 0 Å². The zero-order chi connectivity index (χ0) is 82.8. The number of ether oxygens (including phenoxy) is 7. The molecule has 0 aliphatic carbocycles. The van der Waals surface area contributed by atoms with Crippen LogP contribution in [0.5, 0.6) is 46.0 Å². The van der Waals surface area contributed by atoms with Crippen LogP contribution in [0.2, 0.25) is 0 Å². The molecule has 0 aliphatic heterocycles. The van der Waals surface area contributed by atoms with Crippen LogP contribution in [0.4, 0.5) is 0 Å². The van der Waals surface area contributed by atoms with Crippen molar-refractivity contribution in [1.29, 1.82) is 0 Å². The van der Waals surface area contributed by atoms with Crippen molar-refractivity contribution in [3.8, 4) is 111 Å². The van der Waals surface area contributed by atoms with Crippen LogP contribution in [0.25, 0.3) is 152 Å². The molecule has 12 aromatic carbocycles. The molecule has 0 saturated heterocycles. The van der Waals surface area contributed by atoms with E-state index < -0.39 is 0 Å². The second-order valence-electron chi connectivity index (χ2n) is 29.3. The maximum absolute atomic E-state index is 11.7. The van der Waals surface area contributed by atoms with Crippen molar-refractivity contribution in [1.82, 2.24) is 18.3 Å². The normalized spacial score (nSPS) is 11.5. The lowest BCUT2D eigenvalue weighted by Crippen LogP contribution is -2.05. The molecule has 0 saturated carbocycles. The lowest BCUT2D eigenvalue weighted by molar-refractivity contribution is -0.0980. The number of fused-ring (bicyclic) bond motifs is 12. The van der Waals surface area contributed by atoms with Gasteiger partial charge in [0.1, 0.15) is 41.2 Å². The number of para-hydroxylation sites is 12. The lowest BCUT2D eigenvalue weighted by Gasteiger charge is -2.15. The number of nitrogens with zero attached hydrogens (tertiary/aromatic N) is 4. The van der Waals surface area contributed by atoms with E-state index in [0.29, 0.717) is 39.6 Å². The van der Waals surface area contributed by atoms with Crippen molar-refractivity contribution < 1.29 is 48.2 Å². The number of thiophene rings is 4. The molecule has 0 amide bonds. The molecule has 18 heteroatoms. The summed E-state index contributed by atoms with van der Waals surface area (Å²) in [5.74, 6) is 5.36. The molecular formula is C104H88N4O10S4. The summed E-state index contributed by atoms with van der Waals surface area (Å²) >= 11 is 6.41. The molecule has 0 atom stereocenters. The first kappa shape index (κ1) is 79.8. The highest BCUT2D eigenvalue weighted by Gasteiger charge is 2.28. The fourth-order valence-corrected chi connectivity index (χ4v) is 20.6. The van der Waals surface area contributed by atoms with Gasteiger partial charge in [-0.1, -0.05) is 194 Å². The van der Waals surface area contributed by atoms with Crippen molar-refractivity contribution in [3.63, 3.8) is 0 Å². The number of benzene rings is 12. The Morgan fingerprint density at radius 1 is 0.262 bits per heavy atom. The zero-order valence-corrected chi connectivity index (χ0v) is 70.8. The Morgan fingerprint density at radius 3 is 0.770 bits per heavy atom. The molecule has 608 valence electrons. The SMILES string of the molecule is C=O.CCOCOc1c(-n2c3ccccc3c3ccccc32)csc1-c1ccccc1OCCCCCOc1ccccc1-c1scc(-n2c3ccccc3c3ccccc32)c1OCC.Oc1c(-n2c3ccccc3c3ccccc32)csc1-c1ccccc1OCCCCCOc1ccccc1-c1scc(-n2c3ccccc3c3ccccc32)c1O. The first-order valence-corrected chi connectivity index (χ1v) is 44.7. The van der Waals surface area contributed by atoms with Gasteiger partial charge in [-0.3, -0.25) is 0 Å². The molecule has 20 rings (SSSR count). The monoisotopic (exact) mass is 1680 g/mol. The number of carbonyl (C=O) groups is 1. The molecule has 0 aliphatic rings. The van der Waals surface area contributed by atoms with Gasteiger partial charge < -0.3 is 66.4 Å². The largest absolute Gasteiger partial charge is 0.504 e. The summed E-state index contributed by atoms with van der Waals surface area (Å²) in [6, 6.07) is 100. The van der Waals surface area contributed by atoms with Crippen LogP contribution in [0.3, 0.4) is 0 Å². The Kier molecular flexibility index (Phi) is 24.0. The number of unbranched alkanes of at least 4 members (excludes halogenated alkanes) is 4. The van der Waals surface area contributed by atoms with Crippen LogP contribution in [-0.4, -0.2) is 81.7 Å². The van der Waals surface area contributed by atoms with Crippen molar-refractivity contribution in [3.05, 3.63) is 313 Å². The summed E-state index contributed by atoms with van der Waals surface area (Å²) in [5, 5.41) is 41.4. The minimum Gasteiger partial charge on any atom is -0.504 e. The first-order valence-electron chi connectivity index (χ1n) is 41.2. The van der Waals surface area contributed by atoms with Crippen LogP contribution < -0.4 is 28.4 Å². The first-order chi connectivity index (χ1) is 60.4. The minimum absolute atomic E-state index is 0.157. The van der Waals surface area contributed by atoms with Gasteiger partial charge in [0.05, 0.1) is 108 Å². The Morgan fingerprint density at radius 2 is 0.492 bits per heavy atom. The standard InChI is InChI=1S/C54H48N2O5S2.C49H38N2O4S2.CH2O/c1-3-57-36-61-52-48(56-45-28-14-8-22-39(45)40-23-9-15-29-46(40)56)35-63-54(52)42-25-11-17-31-50(42)60-33-19-5-18-32-59-49-30-16-10-24-41(49)53-51(58-4-2)47(34-62-53)55-43-26-12-6-20-37(43)38-21-7-13-27-44(38)55;52-46-42(50-38-22-8-2-16-32(38)33-17-3-9-23-39(33)50)30-56-48(46)36-20-6-12-26-44(36)54-28-14-1-15-29-55-45-27-13-7-21-37(45)49-47(53)43(31-57-49)51-40-24-10-4-18-34(40)35-19-5-11-25-41(35)51;1-2/h6-17,20-31,34-35H,3-5,18-19,32-33,36H2,1-2H3;2-13,16-27,30-31,52-53H,1,14-15,28-29H2;1H2. The van der Waals surface area contributed by atoms with Crippen molar-refractivity contribution in [2.24, 2.45) is 0 Å². The average molecular weight is 1680 g/mol. The molecule has 8 heterocycles. The van der Waals surface area contributed by atoms with E-state index in [4.69, 9.17) is 38.0 Å². The molecule has 0 bridgehead atoms. The average Bonchev–Trinajstić information content (AvgIpc) is 1.60. The van der Waals surface area contributed by atoms with Crippen LogP contribution in [0.15, 0.2) is 313 Å². The van der Waals surface area contributed by atoms with E-state index in [-0.39, 0.29) is 18.3 Å². The van der Waals surface area contributed by atoms with E-state index in [1.807, 2.05) is 116 Å². The van der Waals surface area contributed by atoms with Crippen LogP contribution in [0.1, 0.15) is 52.4 Å². The summed E-state index contributed by atoms with van der Waals surface area (Å²) in [7, 11) is 0. The molecule has 0 unspecified atom stereocenters. The number of rotatable bonds is 30. The predicted molar refractivity (Wildman–Crippen MR) is 505 cm³/mol. The number of hydrogen-bond donors (Lipinski definition) is 2. The Bertz CT molecular complexity index is 6680. The zero-order valence-electron chi connectivity index (χ0n) is 67.5. The van der Waals surface area contributed by atoms with Gasteiger partial charge in [0.2, 0.25) is 0 Å². The van der Waals surface area contributed by atoms with E-state index >= 15 is 0 Å². The third-order valence-corrected chi connectivity index (χ3v) is 26.1. The second-order valence-corrected chi connectivity index (χ2v) is 32.8. The van der Waals surface area contributed by atoms with Crippen LogP contribution >= 0.6 is 45.3 Å². The van der Waals surface area contributed by atoms with E-state index in [2.05, 4.69) is 235 Å². The van der Waals surface area contributed by atoms with Gasteiger partial charge in [0.25, 0.3) is 0 Å². The number of carbonyl (C=O) groups excluding carboxylic acids is 1. The van der Waals surface area contributed by atoms with E-state index in [9.17, 15) is 10.2 Å². The van der Waals surface area contributed by atoms with Gasteiger partial charge in [-0.25, -0.2) is 0 Å². The highest BCUT2D eigenvalue weighted by Crippen LogP contribution is 2.52. The molecule has 14 nitrogen and oxygen atoms in total. The summed E-state index contributed by atoms with van der Waals surface area (Å²) in [6.07, 6.45) is 5.40. The third-order valence-electron chi connectivity index (χ3n) is 22.1. The fraction of sp³-hybridized carbons (Fsp3) is 0.144. The maximum atomic E-state index is 11.7. The Balaban J connectivity index is 0.000000164. The summed E-state index contributed by atoms with van der Waals surface area (Å²) in [6.45, 7) is 9.60. The quantitative estimate of drug-likeness (QED) is 0.0330. The molecule has 0 fully saturated rings. The van der Waals surface area contributed by atoms with E-state index in [1.54, 1.807) is 22.7 Å². The summed E-state index contributed by atoms with van der Waals surface area (Å²) < 4.78 is 53.4. The van der Waals surface area contributed by atoms with Gasteiger partial charge in [0, 0.05) is 93.5 Å². The molecule has 8 aromatic heterocycles. The van der Waals surface area contributed by atoms with Gasteiger partial charge in [-0.15, -0.1) is 45.3 Å². The molecule has 0 radical (unpaired) electrons. The van der Waals surface area contributed by atoms with Crippen molar-refractivity contribution in [2.45, 2.75) is 52.4 Å². The highest BCUT2D eigenvalue weighted by molar-refractivity contribution is 7.15. The Labute approximate surface area is 722 Å². The summed E-state index contributed by atoms with van der Waals surface area (Å²) in [5.41, 5.74) is 16.2. The maximum Gasteiger partial charge on any atom is 0.189 e. The topological polar surface area (TPSA) is 142 Å². The molecule has 122 heavy (non-hydrogen) atoms. The van der Waals surface area contributed by atoms with Gasteiger partial charge in [0.15, 0.2) is 29.8 Å². The van der Waals surface area contributed by atoms with Crippen LogP contribution in [-0.2, 0) is 9.53 Å².